The average Bonchev–Trinajstić information content (AvgIpc) is 2.85. The Kier molecular flexibility index (Phi) is 4.01. The van der Waals surface area contributed by atoms with E-state index in [1.807, 2.05) is 13.1 Å². The van der Waals surface area contributed by atoms with E-state index in [4.69, 9.17) is 4.52 Å². The number of hydrogen-bond donors (Lipinski definition) is 1. The van der Waals surface area contributed by atoms with Gasteiger partial charge in [-0.2, -0.15) is 0 Å². The lowest BCUT2D eigenvalue weighted by Gasteiger charge is -2.32. The van der Waals surface area contributed by atoms with Crippen LogP contribution in [0.1, 0.15) is 25.5 Å². The molecule has 0 amide bonds. The molecule has 2 rings (SSSR count). The molecule has 17 heavy (non-hydrogen) atoms. The number of aromatic nitrogens is 1. The summed E-state index contributed by atoms with van der Waals surface area (Å²) in [5.74, 6) is 1.79. The van der Waals surface area contributed by atoms with Crippen molar-refractivity contribution in [2.75, 3.05) is 20.1 Å². The van der Waals surface area contributed by atoms with Gasteiger partial charge in [-0.15, -0.1) is 0 Å². The molecular weight excluding hydrogens is 216 g/mol. The molecular formula is C12H20N4O. The van der Waals surface area contributed by atoms with Crippen LogP contribution in [0.25, 0.3) is 0 Å². The van der Waals surface area contributed by atoms with Gasteiger partial charge in [0, 0.05) is 26.2 Å². The monoisotopic (exact) mass is 236 g/mol. The molecule has 0 aromatic carbocycles. The van der Waals surface area contributed by atoms with Crippen LogP contribution < -0.4 is 5.32 Å². The Labute approximate surface area is 102 Å². The van der Waals surface area contributed by atoms with E-state index in [0.29, 0.717) is 6.54 Å². The maximum Gasteiger partial charge on any atom is 0.193 e. The highest BCUT2D eigenvalue weighted by Crippen LogP contribution is 2.15. The predicted molar refractivity (Wildman–Crippen MR) is 66.7 cm³/mol. The van der Waals surface area contributed by atoms with Crippen LogP contribution in [0, 0.1) is 5.92 Å². The number of nitrogens with zero attached hydrogens (tertiary/aromatic N) is 3. The van der Waals surface area contributed by atoms with Crippen LogP contribution in [-0.4, -0.2) is 36.2 Å². The highest BCUT2D eigenvalue weighted by atomic mass is 16.5. The second kappa shape index (κ2) is 5.70. The lowest BCUT2D eigenvalue weighted by molar-refractivity contribution is 0.273. The van der Waals surface area contributed by atoms with Crippen LogP contribution in [0.3, 0.4) is 0 Å². The number of nitrogens with one attached hydrogen (secondary N) is 1. The fourth-order valence-corrected chi connectivity index (χ4v) is 2.05. The Hall–Kier alpha value is -1.52. The number of likely N-dealkylation sites (tertiary alicyclic amines) is 1. The van der Waals surface area contributed by atoms with Gasteiger partial charge in [0.1, 0.15) is 12.0 Å². The van der Waals surface area contributed by atoms with E-state index in [1.54, 1.807) is 6.26 Å². The first-order valence-corrected chi connectivity index (χ1v) is 6.14. The predicted octanol–water partition coefficient (Wildman–Crippen LogP) is 1.48. The fraction of sp³-hybridized carbons (Fsp3) is 0.667. The zero-order valence-corrected chi connectivity index (χ0v) is 10.5. The van der Waals surface area contributed by atoms with E-state index in [-0.39, 0.29) is 0 Å². The van der Waals surface area contributed by atoms with Crippen molar-refractivity contribution < 1.29 is 4.52 Å². The minimum atomic E-state index is 0.662. The number of piperidine rings is 1. The van der Waals surface area contributed by atoms with Gasteiger partial charge in [0.25, 0.3) is 0 Å². The van der Waals surface area contributed by atoms with Crippen molar-refractivity contribution in [3.8, 4) is 0 Å². The first-order chi connectivity index (χ1) is 8.29. The van der Waals surface area contributed by atoms with E-state index in [0.717, 1.165) is 30.7 Å². The third-order valence-corrected chi connectivity index (χ3v) is 3.21. The summed E-state index contributed by atoms with van der Waals surface area (Å²) in [5.41, 5.74) is 0.900. The van der Waals surface area contributed by atoms with E-state index in [9.17, 15) is 0 Å². The molecule has 5 heteroatoms. The molecule has 0 spiro atoms. The van der Waals surface area contributed by atoms with Gasteiger partial charge in [-0.1, -0.05) is 12.1 Å². The number of rotatable bonds is 2. The summed E-state index contributed by atoms with van der Waals surface area (Å²) in [6.45, 7) is 5.14. The Bertz CT molecular complexity index is 353. The van der Waals surface area contributed by atoms with Crippen LogP contribution in [0.5, 0.6) is 0 Å². The minimum absolute atomic E-state index is 0.662. The summed E-state index contributed by atoms with van der Waals surface area (Å²) in [7, 11) is 1.82. The van der Waals surface area contributed by atoms with Gasteiger partial charge in [0.2, 0.25) is 0 Å². The van der Waals surface area contributed by atoms with Gasteiger partial charge in [-0.25, -0.2) is 0 Å². The molecule has 0 radical (unpaired) electrons. The average molecular weight is 236 g/mol. The molecule has 0 saturated carbocycles. The summed E-state index contributed by atoms with van der Waals surface area (Å²) in [5, 5.41) is 7.18. The third kappa shape index (κ3) is 3.22. The highest BCUT2D eigenvalue weighted by Gasteiger charge is 2.18. The third-order valence-electron chi connectivity index (χ3n) is 3.21. The van der Waals surface area contributed by atoms with Crippen molar-refractivity contribution in [3.05, 3.63) is 18.0 Å². The number of aliphatic imine (C=N–C) groups is 1. The van der Waals surface area contributed by atoms with E-state index >= 15 is 0 Å². The molecule has 2 heterocycles. The highest BCUT2D eigenvalue weighted by molar-refractivity contribution is 5.79. The molecule has 1 N–H and O–H groups in total. The second-order valence-electron chi connectivity index (χ2n) is 4.56. The van der Waals surface area contributed by atoms with Crippen molar-refractivity contribution in [1.29, 1.82) is 0 Å². The Morgan fingerprint density at radius 2 is 2.35 bits per heavy atom. The molecule has 1 aliphatic rings. The summed E-state index contributed by atoms with van der Waals surface area (Å²) >= 11 is 0. The molecule has 1 saturated heterocycles. The van der Waals surface area contributed by atoms with E-state index in [1.165, 1.54) is 12.8 Å². The summed E-state index contributed by atoms with van der Waals surface area (Å²) in [6, 6.07) is 1.86. The largest absolute Gasteiger partial charge is 0.364 e. The lowest BCUT2D eigenvalue weighted by atomic mass is 10.00. The molecule has 94 valence electrons. The summed E-state index contributed by atoms with van der Waals surface area (Å²) in [6.07, 6.45) is 4.07. The normalized spacial score (nSPS) is 18.5. The zero-order valence-electron chi connectivity index (χ0n) is 10.5. The van der Waals surface area contributed by atoms with Crippen molar-refractivity contribution >= 4 is 5.96 Å². The lowest BCUT2D eigenvalue weighted by Crippen LogP contribution is -2.45. The van der Waals surface area contributed by atoms with Gasteiger partial charge in [-0.3, -0.25) is 4.99 Å². The first-order valence-electron chi connectivity index (χ1n) is 6.14. The van der Waals surface area contributed by atoms with Crippen molar-refractivity contribution in [1.82, 2.24) is 15.4 Å². The number of hydrogen-bond acceptors (Lipinski definition) is 3. The molecule has 0 bridgehead atoms. The Morgan fingerprint density at radius 3 is 2.94 bits per heavy atom. The smallest absolute Gasteiger partial charge is 0.193 e. The van der Waals surface area contributed by atoms with Crippen molar-refractivity contribution in [3.63, 3.8) is 0 Å². The molecule has 1 aliphatic heterocycles. The van der Waals surface area contributed by atoms with Crippen molar-refractivity contribution in [2.24, 2.45) is 10.9 Å². The molecule has 0 unspecified atom stereocenters. The fourth-order valence-electron chi connectivity index (χ4n) is 2.05. The van der Waals surface area contributed by atoms with Gasteiger partial charge >= 0.3 is 0 Å². The van der Waals surface area contributed by atoms with Crippen LogP contribution in [0.2, 0.25) is 0 Å². The maximum absolute atomic E-state index is 4.80. The molecule has 5 nitrogen and oxygen atoms in total. The maximum atomic E-state index is 4.80. The zero-order chi connectivity index (χ0) is 12.1. The van der Waals surface area contributed by atoms with Gasteiger partial charge in [-0.05, 0) is 18.8 Å². The van der Waals surface area contributed by atoms with E-state index < -0.39 is 0 Å². The van der Waals surface area contributed by atoms with Gasteiger partial charge < -0.3 is 14.7 Å². The molecule has 0 atom stereocenters. The van der Waals surface area contributed by atoms with Crippen LogP contribution in [0.4, 0.5) is 0 Å². The van der Waals surface area contributed by atoms with Crippen LogP contribution in [0.15, 0.2) is 21.8 Å². The Balaban J connectivity index is 1.85. The summed E-state index contributed by atoms with van der Waals surface area (Å²) in [4.78, 5) is 6.61. The first kappa shape index (κ1) is 12.0. The number of guanidine groups is 1. The van der Waals surface area contributed by atoms with Crippen LogP contribution >= 0.6 is 0 Å². The van der Waals surface area contributed by atoms with Gasteiger partial charge in [0.05, 0.1) is 6.54 Å². The minimum Gasteiger partial charge on any atom is -0.364 e. The van der Waals surface area contributed by atoms with Gasteiger partial charge in [0.15, 0.2) is 5.96 Å². The van der Waals surface area contributed by atoms with E-state index in [2.05, 4.69) is 27.3 Å². The Morgan fingerprint density at radius 1 is 1.59 bits per heavy atom. The second-order valence-corrected chi connectivity index (χ2v) is 4.56. The SMILES string of the molecule is CN=C(NCc1ccon1)N1CCC(C)CC1. The van der Waals surface area contributed by atoms with Crippen molar-refractivity contribution in [2.45, 2.75) is 26.3 Å². The molecule has 1 aromatic heterocycles. The standard InChI is InChI=1S/C12H20N4O/c1-10-3-6-16(7-4-10)12(13-2)14-9-11-5-8-17-15-11/h5,8,10H,3-4,6-7,9H2,1-2H3,(H,13,14). The molecule has 0 aliphatic carbocycles. The quantitative estimate of drug-likeness (QED) is 0.624. The van der Waals surface area contributed by atoms with Crippen LogP contribution in [-0.2, 0) is 6.54 Å². The topological polar surface area (TPSA) is 53.7 Å². The molecule has 1 aromatic rings. The molecule has 1 fully saturated rings. The summed E-state index contributed by atoms with van der Waals surface area (Å²) < 4.78 is 4.80.